The number of rotatable bonds is 6. The van der Waals surface area contributed by atoms with Gasteiger partial charge in [0, 0.05) is 38.6 Å². The van der Waals surface area contributed by atoms with Crippen molar-refractivity contribution in [1.82, 2.24) is 19.9 Å². The Bertz CT molecular complexity index is 384. The van der Waals surface area contributed by atoms with Gasteiger partial charge in [-0.2, -0.15) is 4.98 Å². The third-order valence-corrected chi connectivity index (χ3v) is 3.40. The van der Waals surface area contributed by atoms with E-state index in [1.54, 1.807) is 0 Å². The van der Waals surface area contributed by atoms with Crippen molar-refractivity contribution >= 4 is 0 Å². The smallest absolute Gasteiger partial charge is 0.252 e. The maximum absolute atomic E-state index is 5.35. The van der Waals surface area contributed by atoms with Crippen LogP contribution in [0.4, 0.5) is 0 Å². The van der Waals surface area contributed by atoms with E-state index in [-0.39, 0.29) is 0 Å². The fourth-order valence-electron chi connectivity index (χ4n) is 2.21. The second kappa shape index (κ2) is 6.95. The van der Waals surface area contributed by atoms with Crippen LogP contribution in [0.15, 0.2) is 4.52 Å². The van der Waals surface area contributed by atoms with Gasteiger partial charge in [-0.15, -0.1) is 0 Å². The highest BCUT2D eigenvalue weighted by Crippen LogP contribution is 2.11. The molecule has 1 aromatic rings. The molecule has 19 heavy (non-hydrogen) atoms. The first kappa shape index (κ1) is 14.4. The van der Waals surface area contributed by atoms with Gasteiger partial charge in [0.2, 0.25) is 0 Å². The van der Waals surface area contributed by atoms with E-state index in [2.05, 4.69) is 34.0 Å². The maximum Gasteiger partial charge on any atom is 0.252 e. The van der Waals surface area contributed by atoms with E-state index in [0.29, 0.717) is 31.7 Å². The van der Waals surface area contributed by atoms with Crippen molar-refractivity contribution in [3.8, 4) is 0 Å². The molecule has 1 aliphatic heterocycles. The third-order valence-electron chi connectivity index (χ3n) is 3.40. The summed E-state index contributed by atoms with van der Waals surface area (Å²) in [6, 6.07) is 0.439. The quantitative estimate of drug-likeness (QED) is 0.686. The van der Waals surface area contributed by atoms with E-state index >= 15 is 0 Å². The van der Waals surface area contributed by atoms with Crippen LogP contribution in [0.3, 0.4) is 0 Å². The molecule has 0 saturated carbocycles. The molecule has 2 N–H and O–H groups in total. The van der Waals surface area contributed by atoms with Gasteiger partial charge in [0.1, 0.15) is 6.61 Å². The van der Waals surface area contributed by atoms with Crippen molar-refractivity contribution in [2.75, 3.05) is 46.9 Å². The highest BCUT2D eigenvalue weighted by atomic mass is 16.5. The Morgan fingerprint density at radius 2 is 2.26 bits per heavy atom. The molecule has 0 bridgehead atoms. The van der Waals surface area contributed by atoms with Crippen LogP contribution >= 0.6 is 0 Å². The SMILES string of the molecule is CN1CCN(C)C(Cc2noc(COCCN)n2)C1. The summed E-state index contributed by atoms with van der Waals surface area (Å²) in [6.45, 7) is 4.56. The van der Waals surface area contributed by atoms with Crippen LogP contribution in [0.2, 0.25) is 0 Å². The zero-order valence-electron chi connectivity index (χ0n) is 11.7. The van der Waals surface area contributed by atoms with Gasteiger partial charge >= 0.3 is 0 Å². The molecule has 0 amide bonds. The molecule has 0 aromatic carbocycles. The molecular formula is C12H23N5O2. The minimum absolute atomic E-state index is 0.338. The zero-order valence-corrected chi connectivity index (χ0v) is 11.7. The topological polar surface area (TPSA) is 80.7 Å². The fraction of sp³-hybridized carbons (Fsp3) is 0.833. The number of hydrogen-bond donors (Lipinski definition) is 1. The molecule has 7 nitrogen and oxygen atoms in total. The normalized spacial score (nSPS) is 21.9. The minimum atomic E-state index is 0.338. The van der Waals surface area contributed by atoms with E-state index < -0.39 is 0 Å². The van der Waals surface area contributed by atoms with Crippen LogP contribution in [0.5, 0.6) is 0 Å². The van der Waals surface area contributed by atoms with Gasteiger partial charge in [-0.1, -0.05) is 5.16 Å². The Kier molecular flexibility index (Phi) is 5.26. The maximum atomic E-state index is 5.35. The summed E-state index contributed by atoms with van der Waals surface area (Å²) in [4.78, 5) is 9.02. The minimum Gasteiger partial charge on any atom is -0.370 e. The van der Waals surface area contributed by atoms with Crippen LogP contribution in [0, 0.1) is 0 Å². The van der Waals surface area contributed by atoms with Crippen molar-refractivity contribution in [2.24, 2.45) is 5.73 Å². The summed E-state index contributed by atoms with van der Waals surface area (Å²) < 4.78 is 10.4. The van der Waals surface area contributed by atoms with Gasteiger partial charge in [-0.05, 0) is 14.1 Å². The molecule has 2 rings (SSSR count). The van der Waals surface area contributed by atoms with Gasteiger partial charge in [0.05, 0.1) is 6.61 Å². The molecule has 1 fully saturated rings. The molecule has 7 heteroatoms. The standard InChI is InChI=1S/C12H23N5O2/c1-16-4-5-17(2)10(8-16)7-11-14-12(19-15-11)9-18-6-3-13/h10H,3-9,13H2,1-2H3. The van der Waals surface area contributed by atoms with Gasteiger partial charge in [-0.3, -0.25) is 0 Å². The Balaban J connectivity index is 1.84. The second-order valence-electron chi connectivity index (χ2n) is 5.05. The molecule has 1 saturated heterocycles. The summed E-state index contributed by atoms with van der Waals surface area (Å²) in [6.07, 6.45) is 0.807. The summed E-state index contributed by atoms with van der Waals surface area (Å²) >= 11 is 0. The average molecular weight is 269 g/mol. The molecule has 1 unspecified atom stereocenters. The first-order chi connectivity index (χ1) is 9.19. The Labute approximate surface area is 113 Å². The van der Waals surface area contributed by atoms with Crippen molar-refractivity contribution in [2.45, 2.75) is 19.1 Å². The number of ether oxygens (including phenoxy) is 1. The summed E-state index contributed by atoms with van der Waals surface area (Å²) in [5.74, 6) is 1.27. The van der Waals surface area contributed by atoms with E-state index in [0.717, 1.165) is 31.9 Å². The summed E-state index contributed by atoms with van der Waals surface area (Å²) in [7, 11) is 4.28. The Morgan fingerprint density at radius 3 is 3.05 bits per heavy atom. The molecule has 0 radical (unpaired) electrons. The van der Waals surface area contributed by atoms with Gasteiger partial charge in [-0.25, -0.2) is 0 Å². The fourth-order valence-corrected chi connectivity index (χ4v) is 2.21. The van der Waals surface area contributed by atoms with Crippen LogP contribution in [0.25, 0.3) is 0 Å². The molecule has 1 atom stereocenters. The highest BCUT2D eigenvalue weighted by Gasteiger charge is 2.24. The predicted octanol–water partition coefficient (Wildman–Crippen LogP) is -0.667. The number of likely N-dealkylation sites (N-methyl/N-ethyl adjacent to an activating group) is 2. The van der Waals surface area contributed by atoms with Gasteiger partial charge in [0.25, 0.3) is 5.89 Å². The van der Waals surface area contributed by atoms with Crippen molar-refractivity contribution in [1.29, 1.82) is 0 Å². The van der Waals surface area contributed by atoms with Crippen molar-refractivity contribution in [3.63, 3.8) is 0 Å². The monoisotopic (exact) mass is 269 g/mol. The van der Waals surface area contributed by atoms with E-state index in [9.17, 15) is 0 Å². The molecule has 2 heterocycles. The van der Waals surface area contributed by atoms with Crippen molar-refractivity contribution < 1.29 is 9.26 Å². The Hall–Kier alpha value is -1.02. The molecule has 1 aliphatic rings. The van der Waals surface area contributed by atoms with Crippen molar-refractivity contribution in [3.05, 3.63) is 11.7 Å². The lowest BCUT2D eigenvalue weighted by atomic mass is 10.1. The van der Waals surface area contributed by atoms with Crippen LogP contribution in [-0.4, -0.2) is 72.9 Å². The average Bonchev–Trinajstić information content (AvgIpc) is 2.82. The first-order valence-corrected chi connectivity index (χ1v) is 6.67. The predicted molar refractivity (Wildman–Crippen MR) is 70.6 cm³/mol. The Morgan fingerprint density at radius 1 is 1.42 bits per heavy atom. The third kappa shape index (κ3) is 4.24. The second-order valence-corrected chi connectivity index (χ2v) is 5.05. The van der Waals surface area contributed by atoms with Crippen LogP contribution in [0.1, 0.15) is 11.7 Å². The lowest BCUT2D eigenvalue weighted by molar-refractivity contribution is 0.104. The zero-order chi connectivity index (χ0) is 13.7. The number of hydrogen-bond acceptors (Lipinski definition) is 7. The largest absolute Gasteiger partial charge is 0.370 e. The molecule has 0 spiro atoms. The molecule has 108 valence electrons. The van der Waals surface area contributed by atoms with Crippen LogP contribution < -0.4 is 5.73 Å². The number of piperazine rings is 1. The molecule has 1 aromatic heterocycles. The van der Waals surface area contributed by atoms with Gasteiger partial charge < -0.3 is 24.8 Å². The highest BCUT2D eigenvalue weighted by molar-refractivity contribution is 4.92. The number of nitrogens with two attached hydrogens (primary N) is 1. The van der Waals surface area contributed by atoms with E-state index in [1.165, 1.54) is 0 Å². The molecular weight excluding hydrogens is 246 g/mol. The summed E-state index contributed by atoms with van der Waals surface area (Å²) in [5.41, 5.74) is 5.35. The number of nitrogens with zero attached hydrogens (tertiary/aromatic N) is 4. The van der Waals surface area contributed by atoms with E-state index in [4.69, 9.17) is 15.0 Å². The summed E-state index contributed by atoms with van der Waals surface area (Å²) in [5, 5.41) is 4.01. The van der Waals surface area contributed by atoms with E-state index in [1.807, 2.05) is 0 Å². The van der Waals surface area contributed by atoms with Gasteiger partial charge in [0.15, 0.2) is 5.82 Å². The molecule has 0 aliphatic carbocycles. The first-order valence-electron chi connectivity index (χ1n) is 6.67. The lowest BCUT2D eigenvalue weighted by Gasteiger charge is -2.37. The number of aromatic nitrogens is 2. The van der Waals surface area contributed by atoms with Crippen LogP contribution in [-0.2, 0) is 17.8 Å². The lowest BCUT2D eigenvalue weighted by Crippen LogP contribution is -2.50.